The van der Waals surface area contributed by atoms with Gasteiger partial charge in [-0.2, -0.15) is 0 Å². The Balaban J connectivity index is 1.84. The van der Waals surface area contributed by atoms with Crippen LogP contribution in [0, 0.1) is 0 Å². The number of benzene rings is 3. The summed E-state index contributed by atoms with van der Waals surface area (Å²) < 4.78 is 15.4. The van der Waals surface area contributed by atoms with E-state index in [2.05, 4.69) is 22.3 Å². The molecule has 0 atom stereocenters. The average Bonchev–Trinajstić information content (AvgIpc) is 2.88. The first-order valence-corrected chi connectivity index (χ1v) is 11.4. The Labute approximate surface area is 206 Å². The zero-order valence-electron chi connectivity index (χ0n) is 20.7. The minimum Gasteiger partial charge on any atom is -0.465 e. The standard InChI is InChI=1S/C28H32N2O5/c1-20(22-10-9-21-7-5-6-8-23(21)18-22)17-27(31)29-26-12-11-24(19-25(26)28(32)35-4)30(13-15-33-2)14-16-34-3/h5-12,17-19H,13-16H2,1-4H3,(H,29,31)/b20-17-. The number of carbonyl (C=O) groups excluding carboxylic acids is 2. The zero-order valence-corrected chi connectivity index (χ0v) is 20.7. The second-order valence-corrected chi connectivity index (χ2v) is 8.07. The Morgan fingerprint density at radius 3 is 2.23 bits per heavy atom. The minimum absolute atomic E-state index is 0.273. The molecule has 1 N–H and O–H groups in total. The highest BCUT2D eigenvalue weighted by Crippen LogP contribution is 2.25. The maximum absolute atomic E-state index is 12.8. The zero-order chi connectivity index (χ0) is 25.2. The van der Waals surface area contributed by atoms with Crippen LogP contribution in [0.25, 0.3) is 16.3 Å². The smallest absolute Gasteiger partial charge is 0.340 e. The van der Waals surface area contributed by atoms with E-state index in [4.69, 9.17) is 14.2 Å². The van der Waals surface area contributed by atoms with Crippen molar-refractivity contribution in [1.29, 1.82) is 0 Å². The summed E-state index contributed by atoms with van der Waals surface area (Å²) >= 11 is 0. The summed E-state index contributed by atoms with van der Waals surface area (Å²) in [5.74, 6) is -0.861. The molecule has 0 aliphatic heterocycles. The fraction of sp³-hybridized carbons (Fsp3) is 0.286. The third-order valence-corrected chi connectivity index (χ3v) is 5.71. The summed E-state index contributed by atoms with van der Waals surface area (Å²) in [6, 6.07) is 19.4. The summed E-state index contributed by atoms with van der Waals surface area (Å²) in [7, 11) is 4.60. The number of nitrogens with one attached hydrogen (secondary N) is 1. The Hall–Kier alpha value is -3.68. The maximum Gasteiger partial charge on any atom is 0.340 e. The van der Waals surface area contributed by atoms with Crippen LogP contribution in [-0.4, -0.2) is 59.5 Å². The molecule has 0 saturated heterocycles. The number of hydrogen-bond donors (Lipinski definition) is 1. The van der Waals surface area contributed by atoms with Crippen molar-refractivity contribution in [3.05, 3.63) is 77.9 Å². The quantitative estimate of drug-likeness (QED) is 0.317. The molecule has 0 aromatic heterocycles. The van der Waals surface area contributed by atoms with E-state index in [1.54, 1.807) is 26.4 Å². The van der Waals surface area contributed by atoms with Crippen LogP contribution >= 0.6 is 0 Å². The summed E-state index contributed by atoms with van der Waals surface area (Å²) in [4.78, 5) is 27.4. The van der Waals surface area contributed by atoms with Crippen LogP contribution in [0.1, 0.15) is 22.8 Å². The van der Waals surface area contributed by atoms with E-state index in [1.165, 1.54) is 13.2 Å². The third kappa shape index (κ3) is 6.91. The number of nitrogens with zero attached hydrogens (tertiary/aromatic N) is 1. The van der Waals surface area contributed by atoms with Gasteiger partial charge in [0.2, 0.25) is 5.91 Å². The van der Waals surface area contributed by atoms with Gasteiger partial charge < -0.3 is 24.4 Å². The Bertz CT molecular complexity index is 1200. The van der Waals surface area contributed by atoms with Crippen molar-refractivity contribution in [3.8, 4) is 0 Å². The van der Waals surface area contributed by atoms with Gasteiger partial charge in [-0.3, -0.25) is 4.79 Å². The van der Waals surface area contributed by atoms with Crippen LogP contribution in [0.5, 0.6) is 0 Å². The normalized spacial score (nSPS) is 11.4. The molecule has 0 aliphatic rings. The lowest BCUT2D eigenvalue weighted by atomic mass is 10.0. The van der Waals surface area contributed by atoms with Gasteiger partial charge in [-0.15, -0.1) is 0 Å². The van der Waals surface area contributed by atoms with Gasteiger partial charge in [-0.25, -0.2) is 4.79 Å². The minimum atomic E-state index is -0.532. The predicted octanol–water partition coefficient (Wildman–Crippen LogP) is 4.77. The maximum atomic E-state index is 12.8. The molecule has 0 radical (unpaired) electrons. The number of fused-ring (bicyclic) bond motifs is 1. The number of ether oxygens (including phenoxy) is 3. The van der Waals surface area contributed by atoms with Crippen molar-refractivity contribution in [1.82, 2.24) is 0 Å². The molecule has 0 unspecified atom stereocenters. The highest BCUT2D eigenvalue weighted by Gasteiger charge is 2.17. The van der Waals surface area contributed by atoms with Gasteiger partial charge in [0.15, 0.2) is 0 Å². The van der Waals surface area contributed by atoms with Crippen LogP contribution in [-0.2, 0) is 19.0 Å². The molecule has 0 aliphatic carbocycles. The summed E-state index contributed by atoms with van der Waals surface area (Å²) in [6.45, 7) is 4.18. The lowest BCUT2D eigenvalue weighted by Crippen LogP contribution is -2.31. The molecular formula is C28H32N2O5. The van der Waals surface area contributed by atoms with E-state index in [0.717, 1.165) is 27.6 Å². The molecule has 0 bridgehead atoms. The van der Waals surface area contributed by atoms with E-state index in [-0.39, 0.29) is 11.5 Å². The summed E-state index contributed by atoms with van der Waals surface area (Å²) in [5, 5.41) is 5.08. The van der Waals surface area contributed by atoms with Gasteiger partial charge in [-0.05, 0) is 53.1 Å². The molecule has 0 fully saturated rings. The van der Waals surface area contributed by atoms with Crippen molar-refractivity contribution in [2.24, 2.45) is 0 Å². The SMILES string of the molecule is COCCN(CCOC)c1ccc(NC(=O)/C=C(/C)c2ccc3ccccc3c2)c(C(=O)OC)c1. The first kappa shape index (κ1) is 25.9. The molecule has 0 spiro atoms. The Morgan fingerprint density at radius 1 is 0.886 bits per heavy atom. The number of amides is 1. The second kappa shape index (κ2) is 12.7. The van der Waals surface area contributed by atoms with E-state index in [1.807, 2.05) is 43.3 Å². The summed E-state index contributed by atoms with van der Waals surface area (Å²) in [5.41, 5.74) is 3.23. The molecule has 3 aromatic carbocycles. The average molecular weight is 477 g/mol. The predicted molar refractivity (Wildman–Crippen MR) is 140 cm³/mol. The van der Waals surface area contributed by atoms with Crippen molar-refractivity contribution < 1.29 is 23.8 Å². The molecule has 3 rings (SSSR count). The monoisotopic (exact) mass is 476 g/mol. The van der Waals surface area contributed by atoms with Crippen LogP contribution in [0.2, 0.25) is 0 Å². The molecule has 0 heterocycles. The van der Waals surface area contributed by atoms with Crippen LogP contribution in [0.15, 0.2) is 66.7 Å². The van der Waals surface area contributed by atoms with E-state index >= 15 is 0 Å². The van der Waals surface area contributed by atoms with Gasteiger partial charge in [0.25, 0.3) is 0 Å². The molecule has 35 heavy (non-hydrogen) atoms. The van der Waals surface area contributed by atoms with Crippen molar-refractivity contribution >= 4 is 39.6 Å². The molecule has 7 nitrogen and oxygen atoms in total. The Kier molecular flexibility index (Phi) is 9.40. The number of carbonyl (C=O) groups is 2. The van der Waals surface area contributed by atoms with Crippen LogP contribution in [0.3, 0.4) is 0 Å². The van der Waals surface area contributed by atoms with Gasteiger partial charge in [0.05, 0.1) is 31.6 Å². The van der Waals surface area contributed by atoms with E-state index < -0.39 is 5.97 Å². The Morgan fingerprint density at radius 2 is 1.57 bits per heavy atom. The number of allylic oxidation sites excluding steroid dienone is 1. The summed E-state index contributed by atoms with van der Waals surface area (Å²) in [6.07, 6.45) is 1.53. The van der Waals surface area contributed by atoms with Gasteiger partial charge in [0.1, 0.15) is 0 Å². The lowest BCUT2D eigenvalue weighted by Gasteiger charge is -2.25. The van der Waals surface area contributed by atoms with Crippen LogP contribution in [0.4, 0.5) is 11.4 Å². The second-order valence-electron chi connectivity index (χ2n) is 8.07. The van der Waals surface area contributed by atoms with E-state index in [9.17, 15) is 9.59 Å². The van der Waals surface area contributed by atoms with Crippen LogP contribution < -0.4 is 10.2 Å². The molecule has 0 saturated carbocycles. The van der Waals surface area contributed by atoms with Gasteiger partial charge >= 0.3 is 5.97 Å². The highest BCUT2D eigenvalue weighted by molar-refractivity contribution is 6.08. The fourth-order valence-corrected chi connectivity index (χ4v) is 3.77. The number of esters is 1. The third-order valence-electron chi connectivity index (χ3n) is 5.71. The molecule has 7 heteroatoms. The first-order chi connectivity index (χ1) is 17.0. The van der Waals surface area contributed by atoms with Crippen molar-refractivity contribution in [2.45, 2.75) is 6.92 Å². The number of hydrogen-bond acceptors (Lipinski definition) is 6. The molecular weight excluding hydrogens is 444 g/mol. The first-order valence-electron chi connectivity index (χ1n) is 11.4. The number of rotatable bonds is 11. The van der Waals surface area contributed by atoms with E-state index in [0.29, 0.717) is 32.0 Å². The van der Waals surface area contributed by atoms with Crippen molar-refractivity contribution in [3.63, 3.8) is 0 Å². The van der Waals surface area contributed by atoms with Crippen molar-refractivity contribution in [2.75, 3.05) is 57.8 Å². The fourth-order valence-electron chi connectivity index (χ4n) is 3.77. The number of anilines is 2. The topological polar surface area (TPSA) is 77.1 Å². The number of methoxy groups -OCH3 is 3. The van der Waals surface area contributed by atoms with Gasteiger partial charge in [-0.1, -0.05) is 36.4 Å². The molecule has 3 aromatic rings. The largest absolute Gasteiger partial charge is 0.465 e. The molecule has 1 amide bonds. The van der Waals surface area contributed by atoms with Gasteiger partial charge in [0, 0.05) is 39.1 Å². The molecule has 184 valence electrons. The lowest BCUT2D eigenvalue weighted by molar-refractivity contribution is -0.111. The highest BCUT2D eigenvalue weighted by atomic mass is 16.5.